The predicted molar refractivity (Wildman–Crippen MR) is 108 cm³/mol. The Bertz CT molecular complexity index is 1010. The van der Waals surface area contributed by atoms with Gasteiger partial charge in [0.2, 0.25) is 0 Å². The summed E-state index contributed by atoms with van der Waals surface area (Å²) in [6.45, 7) is 0.427. The van der Waals surface area contributed by atoms with E-state index in [-0.39, 0.29) is 11.7 Å². The van der Waals surface area contributed by atoms with Crippen LogP contribution in [0.1, 0.15) is 26.3 Å². The zero-order chi connectivity index (χ0) is 20.6. The van der Waals surface area contributed by atoms with Crippen LogP contribution in [0.3, 0.4) is 0 Å². The molecular weight excluding hydrogens is 373 g/mol. The van der Waals surface area contributed by atoms with Crippen molar-refractivity contribution in [3.05, 3.63) is 89.4 Å². The van der Waals surface area contributed by atoms with Crippen molar-refractivity contribution in [3.8, 4) is 0 Å². The summed E-state index contributed by atoms with van der Waals surface area (Å²) in [5.41, 5.74) is 2.45. The number of ether oxygens (including phenoxy) is 1. The molecule has 0 aliphatic rings. The van der Waals surface area contributed by atoms with Crippen molar-refractivity contribution < 1.29 is 18.7 Å². The maximum atomic E-state index is 12.9. The van der Waals surface area contributed by atoms with Gasteiger partial charge < -0.3 is 15.4 Å². The normalized spacial score (nSPS) is 10.3. The summed E-state index contributed by atoms with van der Waals surface area (Å²) in [5.74, 6) is -0.485. The van der Waals surface area contributed by atoms with Crippen molar-refractivity contribution in [2.45, 2.75) is 6.42 Å². The summed E-state index contributed by atoms with van der Waals surface area (Å²) in [6, 6.07) is 16.2. The van der Waals surface area contributed by atoms with Crippen LogP contribution in [-0.4, -0.2) is 30.5 Å². The number of esters is 1. The molecular formula is C22H20FN3O3. The van der Waals surface area contributed by atoms with Gasteiger partial charge in [0.15, 0.2) is 0 Å². The third-order valence-electron chi connectivity index (χ3n) is 4.19. The Balaban J connectivity index is 1.60. The minimum Gasteiger partial charge on any atom is -0.465 e. The number of rotatable bonds is 7. The summed E-state index contributed by atoms with van der Waals surface area (Å²) >= 11 is 0. The average Bonchev–Trinajstić information content (AvgIpc) is 2.75. The van der Waals surface area contributed by atoms with Crippen LogP contribution in [0.4, 0.5) is 15.9 Å². The highest BCUT2D eigenvalue weighted by Crippen LogP contribution is 2.17. The lowest BCUT2D eigenvalue weighted by Gasteiger charge is -2.09. The molecule has 1 heterocycles. The van der Waals surface area contributed by atoms with Crippen molar-refractivity contribution >= 4 is 23.4 Å². The van der Waals surface area contributed by atoms with Gasteiger partial charge >= 0.3 is 5.97 Å². The number of anilines is 2. The lowest BCUT2D eigenvalue weighted by molar-refractivity contribution is 0.0600. The number of pyridine rings is 1. The topological polar surface area (TPSA) is 80.3 Å². The highest BCUT2D eigenvalue weighted by molar-refractivity contribution is 5.95. The van der Waals surface area contributed by atoms with Crippen LogP contribution in [-0.2, 0) is 11.2 Å². The zero-order valence-corrected chi connectivity index (χ0v) is 15.8. The molecule has 3 aromatic rings. The van der Waals surface area contributed by atoms with Crippen LogP contribution in [0.25, 0.3) is 0 Å². The molecule has 0 radical (unpaired) electrons. The van der Waals surface area contributed by atoms with Gasteiger partial charge in [0.25, 0.3) is 5.91 Å². The van der Waals surface area contributed by atoms with E-state index in [2.05, 4.69) is 15.6 Å². The predicted octanol–water partition coefficient (Wildman–Crippen LogP) is 3.72. The lowest BCUT2D eigenvalue weighted by atomic mass is 10.1. The number of nitrogens with zero attached hydrogens (tertiary/aromatic N) is 1. The van der Waals surface area contributed by atoms with Crippen LogP contribution in [0.5, 0.6) is 0 Å². The van der Waals surface area contributed by atoms with Gasteiger partial charge in [-0.2, -0.15) is 0 Å². The van der Waals surface area contributed by atoms with Crippen molar-refractivity contribution in [2.75, 3.05) is 19.0 Å². The first-order valence-electron chi connectivity index (χ1n) is 8.99. The van der Waals surface area contributed by atoms with Gasteiger partial charge in [0.1, 0.15) is 11.6 Å². The second-order valence-corrected chi connectivity index (χ2v) is 6.26. The number of hydrogen-bond donors (Lipinski definition) is 2. The van der Waals surface area contributed by atoms with E-state index in [1.165, 1.54) is 25.4 Å². The fraction of sp³-hybridized carbons (Fsp3) is 0.136. The molecule has 0 aliphatic heterocycles. The number of nitrogens with one attached hydrogen (secondary N) is 2. The molecule has 1 amide bonds. The van der Waals surface area contributed by atoms with Gasteiger partial charge in [-0.3, -0.25) is 4.79 Å². The smallest absolute Gasteiger partial charge is 0.337 e. The van der Waals surface area contributed by atoms with Gasteiger partial charge in [0, 0.05) is 24.0 Å². The molecule has 0 unspecified atom stereocenters. The minimum absolute atomic E-state index is 0.235. The fourth-order valence-electron chi connectivity index (χ4n) is 2.70. The van der Waals surface area contributed by atoms with E-state index in [9.17, 15) is 14.0 Å². The molecule has 0 saturated carbocycles. The number of benzene rings is 2. The van der Waals surface area contributed by atoms with Crippen molar-refractivity contribution in [1.82, 2.24) is 10.3 Å². The van der Waals surface area contributed by atoms with Crippen LogP contribution < -0.4 is 10.6 Å². The first-order valence-corrected chi connectivity index (χ1v) is 8.99. The molecule has 0 atom stereocenters. The third-order valence-corrected chi connectivity index (χ3v) is 4.19. The SMILES string of the molecule is COC(=O)c1cccc(Nc2cc(C(=O)NCCc3ccc(F)cc3)ccn2)c1. The number of hydrogen-bond acceptors (Lipinski definition) is 5. The molecule has 148 valence electrons. The zero-order valence-electron chi connectivity index (χ0n) is 15.8. The minimum atomic E-state index is -0.434. The Morgan fingerprint density at radius 1 is 1.03 bits per heavy atom. The average molecular weight is 393 g/mol. The van der Waals surface area contributed by atoms with E-state index in [1.54, 1.807) is 48.5 Å². The molecule has 7 heteroatoms. The highest BCUT2D eigenvalue weighted by atomic mass is 19.1. The molecule has 0 spiro atoms. The molecule has 29 heavy (non-hydrogen) atoms. The van der Waals surface area contributed by atoms with Gasteiger partial charge in [-0.05, 0) is 54.4 Å². The van der Waals surface area contributed by atoms with Crippen molar-refractivity contribution in [1.29, 1.82) is 0 Å². The van der Waals surface area contributed by atoms with Gasteiger partial charge in [-0.1, -0.05) is 18.2 Å². The molecule has 1 aromatic heterocycles. The number of carbonyl (C=O) groups is 2. The van der Waals surface area contributed by atoms with E-state index in [0.29, 0.717) is 35.6 Å². The Kier molecular flexibility index (Phi) is 6.52. The molecule has 0 fully saturated rings. The number of carbonyl (C=O) groups excluding carboxylic acids is 2. The standard InChI is InChI=1S/C22H20FN3O3/c1-29-22(28)17-3-2-4-19(13-17)26-20-14-16(10-12-24-20)21(27)25-11-9-15-5-7-18(23)8-6-15/h2-8,10,12-14H,9,11H2,1H3,(H,24,26)(H,25,27). The number of aromatic nitrogens is 1. The van der Waals surface area contributed by atoms with E-state index < -0.39 is 5.97 Å². The molecule has 0 aliphatic carbocycles. The summed E-state index contributed by atoms with van der Waals surface area (Å²) in [5, 5.41) is 5.91. The number of methoxy groups -OCH3 is 1. The summed E-state index contributed by atoms with van der Waals surface area (Å²) < 4.78 is 17.6. The monoisotopic (exact) mass is 393 g/mol. The third kappa shape index (κ3) is 5.62. The van der Waals surface area contributed by atoms with Crippen LogP contribution in [0, 0.1) is 5.82 Å². The maximum Gasteiger partial charge on any atom is 0.337 e. The molecule has 0 saturated heterocycles. The Hall–Kier alpha value is -3.74. The quantitative estimate of drug-likeness (QED) is 0.598. The van der Waals surface area contributed by atoms with Crippen molar-refractivity contribution in [2.24, 2.45) is 0 Å². The second kappa shape index (κ2) is 9.45. The van der Waals surface area contributed by atoms with Crippen LogP contribution >= 0.6 is 0 Å². The fourth-order valence-corrected chi connectivity index (χ4v) is 2.70. The Morgan fingerprint density at radius 3 is 2.59 bits per heavy atom. The lowest BCUT2D eigenvalue weighted by Crippen LogP contribution is -2.25. The van der Waals surface area contributed by atoms with Crippen molar-refractivity contribution in [3.63, 3.8) is 0 Å². The first kappa shape index (κ1) is 20.0. The van der Waals surface area contributed by atoms with Gasteiger partial charge in [-0.25, -0.2) is 14.2 Å². The summed E-state index contributed by atoms with van der Waals surface area (Å²) in [7, 11) is 1.32. The maximum absolute atomic E-state index is 12.9. The highest BCUT2D eigenvalue weighted by Gasteiger charge is 2.09. The Labute approximate surface area is 167 Å². The van der Waals surface area contributed by atoms with E-state index in [1.807, 2.05) is 0 Å². The van der Waals surface area contributed by atoms with E-state index >= 15 is 0 Å². The molecule has 2 N–H and O–H groups in total. The summed E-state index contributed by atoms with van der Waals surface area (Å²) in [6.07, 6.45) is 2.13. The first-order chi connectivity index (χ1) is 14.0. The molecule has 2 aromatic carbocycles. The number of halogens is 1. The molecule has 6 nitrogen and oxygen atoms in total. The van der Waals surface area contributed by atoms with Crippen LogP contribution in [0.15, 0.2) is 66.9 Å². The van der Waals surface area contributed by atoms with E-state index in [4.69, 9.17) is 4.74 Å². The second-order valence-electron chi connectivity index (χ2n) is 6.26. The van der Waals surface area contributed by atoms with Gasteiger partial charge in [-0.15, -0.1) is 0 Å². The largest absolute Gasteiger partial charge is 0.465 e. The van der Waals surface area contributed by atoms with Gasteiger partial charge in [0.05, 0.1) is 12.7 Å². The van der Waals surface area contributed by atoms with Crippen LogP contribution in [0.2, 0.25) is 0 Å². The number of amides is 1. The Morgan fingerprint density at radius 2 is 1.83 bits per heavy atom. The van der Waals surface area contributed by atoms with E-state index in [0.717, 1.165) is 5.56 Å². The summed E-state index contributed by atoms with van der Waals surface area (Å²) in [4.78, 5) is 28.2. The molecule has 0 bridgehead atoms. The molecule has 3 rings (SSSR count).